The summed E-state index contributed by atoms with van der Waals surface area (Å²) in [6.07, 6.45) is -13.0. The first kappa shape index (κ1) is 25.8. The Balaban J connectivity index is 0. The Morgan fingerprint density at radius 2 is 0.542 bits per heavy atom. The summed E-state index contributed by atoms with van der Waals surface area (Å²) < 4.78 is 0. The molecule has 0 aliphatic carbocycles. The van der Waals surface area contributed by atoms with Gasteiger partial charge in [0, 0.05) is 0 Å². The van der Waals surface area contributed by atoms with Crippen LogP contribution in [0, 0.1) is 0 Å². The maximum absolute atomic E-state index is 9.15. The second-order valence-electron chi connectivity index (χ2n) is 4.96. The zero-order chi connectivity index (χ0) is 19.4. The standard InChI is InChI=1S/C7H16O7.C5H12O5/c8-1-3(10)5(12)7(14)6(13)4(11)2-9;6-1-3(8)5(10)4(9)2-7/h3-14H,1-2H2;3-10H,1-2H2/t3-,4+,5-,6-,7?;3-,4+,5?/m1./s1. The lowest BCUT2D eigenvalue weighted by Gasteiger charge is -2.27. The molecule has 0 bridgehead atoms. The molecule has 8 atom stereocenters. The minimum Gasteiger partial charge on any atom is -0.394 e. The summed E-state index contributed by atoms with van der Waals surface area (Å²) in [7, 11) is 0. The van der Waals surface area contributed by atoms with Crippen molar-refractivity contribution in [2.75, 3.05) is 26.4 Å². The predicted octanol–water partition coefficient (Wildman–Crippen LogP) is -7.17. The van der Waals surface area contributed by atoms with Gasteiger partial charge in [0.1, 0.15) is 48.8 Å². The zero-order valence-electron chi connectivity index (χ0n) is 12.8. The van der Waals surface area contributed by atoms with Crippen LogP contribution in [0.25, 0.3) is 0 Å². The highest BCUT2D eigenvalue weighted by atomic mass is 16.4. The van der Waals surface area contributed by atoms with Crippen LogP contribution in [0.15, 0.2) is 0 Å². The van der Waals surface area contributed by atoms with E-state index in [1.165, 1.54) is 0 Å². The van der Waals surface area contributed by atoms with Gasteiger partial charge in [-0.25, -0.2) is 0 Å². The SMILES string of the molecule is OC[C@@H](O)C(O)[C@@H](O)CO.OC[C@@H](O)[C@@H](O)C(O)[C@H](O)[C@@H](O)CO. The summed E-state index contributed by atoms with van der Waals surface area (Å²) in [5.41, 5.74) is 0. The summed E-state index contributed by atoms with van der Waals surface area (Å²) in [6, 6.07) is 0. The summed E-state index contributed by atoms with van der Waals surface area (Å²) >= 11 is 0. The van der Waals surface area contributed by atoms with Gasteiger partial charge >= 0.3 is 0 Å². The van der Waals surface area contributed by atoms with E-state index in [1.807, 2.05) is 0 Å². The highest BCUT2D eigenvalue weighted by molar-refractivity contribution is 4.84. The molecule has 0 aromatic rings. The van der Waals surface area contributed by atoms with Crippen LogP contribution >= 0.6 is 0 Å². The number of hydrogen-bond donors (Lipinski definition) is 12. The number of rotatable bonds is 10. The molecule has 0 saturated heterocycles. The monoisotopic (exact) mass is 364 g/mol. The van der Waals surface area contributed by atoms with Crippen molar-refractivity contribution in [3.63, 3.8) is 0 Å². The average molecular weight is 364 g/mol. The number of aliphatic hydroxyl groups is 12. The molecule has 0 fully saturated rings. The van der Waals surface area contributed by atoms with Gasteiger partial charge in [0.05, 0.1) is 26.4 Å². The predicted molar refractivity (Wildman–Crippen MR) is 76.4 cm³/mol. The third-order valence-corrected chi connectivity index (χ3v) is 3.02. The quantitative estimate of drug-likeness (QED) is 0.173. The van der Waals surface area contributed by atoms with Crippen LogP contribution in [-0.2, 0) is 0 Å². The van der Waals surface area contributed by atoms with Crippen molar-refractivity contribution in [2.24, 2.45) is 0 Å². The van der Waals surface area contributed by atoms with Crippen LogP contribution in [0.2, 0.25) is 0 Å². The van der Waals surface area contributed by atoms with Gasteiger partial charge in [-0.1, -0.05) is 0 Å². The molecule has 12 N–H and O–H groups in total. The highest BCUT2D eigenvalue weighted by Crippen LogP contribution is 2.08. The Morgan fingerprint density at radius 1 is 0.333 bits per heavy atom. The van der Waals surface area contributed by atoms with Crippen molar-refractivity contribution in [1.82, 2.24) is 0 Å². The van der Waals surface area contributed by atoms with Crippen molar-refractivity contribution in [2.45, 2.75) is 48.8 Å². The van der Waals surface area contributed by atoms with Crippen LogP contribution in [0.4, 0.5) is 0 Å². The molecule has 0 amide bonds. The van der Waals surface area contributed by atoms with E-state index >= 15 is 0 Å². The fourth-order valence-corrected chi connectivity index (χ4v) is 1.35. The molecule has 0 radical (unpaired) electrons. The molecule has 12 heteroatoms. The van der Waals surface area contributed by atoms with Gasteiger partial charge in [-0.05, 0) is 0 Å². The van der Waals surface area contributed by atoms with Crippen molar-refractivity contribution in [3.05, 3.63) is 0 Å². The van der Waals surface area contributed by atoms with Crippen molar-refractivity contribution in [3.8, 4) is 0 Å². The molecule has 12 nitrogen and oxygen atoms in total. The Hall–Kier alpha value is -0.480. The van der Waals surface area contributed by atoms with E-state index in [0.29, 0.717) is 0 Å². The Labute approximate surface area is 137 Å². The summed E-state index contributed by atoms with van der Waals surface area (Å²) in [5.74, 6) is 0. The van der Waals surface area contributed by atoms with Crippen LogP contribution in [-0.4, -0.2) is 137 Å². The Bertz CT molecular complexity index is 267. The van der Waals surface area contributed by atoms with E-state index in [0.717, 1.165) is 0 Å². The maximum Gasteiger partial charge on any atom is 0.111 e. The van der Waals surface area contributed by atoms with Gasteiger partial charge in [0.2, 0.25) is 0 Å². The average Bonchev–Trinajstić information content (AvgIpc) is 2.62. The van der Waals surface area contributed by atoms with E-state index in [9.17, 15) is 0 Å². The summed E-state index contributed by atoms with van der Waals surface area (Å²) in [6.45, 7) is -2.86. The lowest BCUT2D eigenvalue weighted by molar-refractivity contribution is -0.145. The zero-order valence-corrected chi connectivity index (χ0v) is 12.8. The maximum atomic E-state index is 9.15. The molecule has 0 rings (SSSR count). The van der Waals surface area contributed by atoms with Gasteiger partial charge in [0.25, 0.3) is 0 Å². The van der Waals surface area contributed by atoms with Crippen LogP contribution in [0.3, 0.4) is 0 Å². The number of aliphatic hydroxyl groups excluding tert-OH is 12. The Kier molecular flexibility index (Phi) is 14.8. The van der Waals surface area contributed by atoms with Gasteiger partial charge in [-0.15, -0.1) is 0 Å². The Morgan fingerprint density at radius 3 is 0.750 bits per heavy atom. The third-order valence-electron chi connectivity index (χ3n) is 3.02. The van der Waals surface area contributed by atoms with Gasteiger partial charge in [-0.3, -0.25) is 0 Å². The van der Waals surface area contributed by atoms with Gasteiger partial charge in [0.15, 0.2) is 0 Å². The molecule has 0 heterocycles. The van der Waals surface area contributed by atoms with E-state index in [-0.39, 0.29) is 0 Å². The fraction of sp³-hybridized carbons (Fsp3) is 1.00. The van der Waals surface area contributed by atoms with Crippen molar-refractivity contribution >= 4 is 0 Å². The van der Waals surface area contributed by atoms with Crippen molar-refractivity contribution in [1.29, 1.82) is 0 Å². The molecule has 0 aromatic carbocycles. The van der Waals surface area contributed by atoms with E-state index < -0.39 is 75.3 Å². The van der Waals surface area contributed by atoms with E-state index in [4.69, 9.17) is 61.3 Å². The lowest BCUT2D eigenvalue weighted by atomic mass is 10.00. The molecule has 0 aliphatic heterocycles. The van der Waals surface area contributed by atoms with Crippen LogP contribution in [0.1, 0.15) is 0 Å². The molecule has 24 heavy (non-hydrogen) atoms. The molecule has 0 aliphatic rings. The summed E-state index contributed by atoms with van der Waals surface area (Å²) in [5, 5.41) is 105. The van der Waals surface area contributed by atoms with Crippen LogP contribution < -0.4 is 0 Å². The lowest BCUT2D eigenvalue weighted by Crippen LogP contribution is -2.50. The van der Waals surface area contributed by atoms with Gasteiger partial charge in [-0.2, -0.15) is 0 Å². The van der Waals surface area contributed by atoms with Crippen LogP contribution in [0.5, 0.6) is 0 Å². The molecule has 0 aromatic heterocycles. The molecular formula is C12H28O12. The molecule has 0 saturated carbocycles. The molecular weight excluding hydrogens is 336 g/mol. The molecule has 148 valence electrons. The number of hydrogen-bond acceptors (Lipinski definition) is 12. The largest absolute Gasteiger partial charge is 0.394 e. The van der Waals surface area contributed by atoms with E-state index in [1.54, 1.807) is 0 Å². The van der Waals surface area contributed by atoms with E-state index in [2.05, 4.69) is 0 Å². The summed E-state index contributed by atoms with van der Waals surface area (Å²) in [4.78, 5) is 0. The third kappa shape index (κ3) is 9.12. The second-order valence-corrected chi connectivity index (χ2v) is 4.96. The first-order valence-electron chi connectivity index (χ1n) is 6.96. The second kappa shape index (κ2) is 13.8. The molecule has 2 unspecified atom stereocenters. The smallest absolute Gasteiger partial charge is 0.111 e. The first-order valence-corrected chi connectivity index (χ1v) is 6.96. The minimum atomic E-state index is -1.85. The highest BCUT2D eigenvalue weighted by Gasteiger charge is 2.33. The normalized spacial score (nSPS) is 21.5. The topological polar surface area (TPSA) is 243 Å². The van der Waals surface area contributed by atoms with Crippen molar-refractivity contribution < 1.29 is 61.3 Å². The van der Waals surface area contributed by atoms with Gasteiger partial charge < -0.3 is 61.3 Å². The fourth-order valence-electron chi connectivity index (χ4n) is 1.35. The first-order chi connectivity index (χ1) is 11.1. The minimum absolute atomic E-state index is 0.641. The molecule has 0 spiro atoms.